The largest absolute Gasteiger partial charge is 0.464 e. The summed E-state index contributed by atoms with van der Waals surface area (Å²) in [7, 11) is 1.84. The number of amides is 1. The van der Waals surface area contributed by atoms with Crippen LogP contribution in [-0.2, 0) is 6.54 Å². The molecule has 3 rings (SSSR count). The van der Waals surface area contributed by atoms with Crippen molar-refractivity contribution in [2.24, 2.45) is 0 Å². The predicted molar refractivity (Wildman–Crippen MR) is 95.3 cm³/mol. The third-order valence-electron chi connectivity index (χ3n) is 5.19. The molecule has 1 fully saturated rings. The fourth-order valence-corrected chi connectivity index (χ4v) is 3.98. The van der Waals surface area contributed by atoms with Gasteiger partial charge in [-0.2, -0.15) is 0 Å². The number of furan rings is 1. The highest BCUT2D eigenvalue weighted by Crippen LogP contribution is 2.32. The van der Waals surface area contributed by atoms with Gasteiger partial charge in [0.05, 0.1) is 12.1 Å². The quantitative estimate of drug-likeness (QED) is 0.810. The lowest BCUT2D eigenvalue weighted by Crippen LogP contribution is -2.26. The molecule has 4 nitrogen and oxygen atoms in total. The van der Waals surface area contributed by atoms with Crippen LogP contribution in [0.4, 0.5) is 0 Å². The first-order chi connectivity index (χ1) is 11.5. The number of aromatic nitrogens is 1. The van der Waals surface area contributed by atoms with Crippen LogP contribution in [-0.4, -0.2) is 22.4 Å². The Hall–Kier alpha value is -1.97. The van der Waals surface area contributed by atoms with Crippen LogP contribution in [0.25, 0.3) is 0 Å². The van der Waals surface area contributed by atoms with E-state index in [2.05, 4.69) is 24.5 Å². The number of hydrogen-bond acceptors (Lipinski definition) is 2. The Morgan fingerprint density at radius 3 is 2.54 bits per heavy atom. The van der Waals surface area contributed by atoms with Crippen LogP contribution in [0.1, 0.15) is 71.4 Å². The summed E-state index contributed by atoms with van der Waals surface area (Å²) in [5.41, 5.74) is 3.13. The normalized spacial score (nSPS) is 15.7. The molecule has 0 saturated heterocycles. The average molecular weight is 328 g/mol. The Balaban J connectivity index is 1.79. The van der Waals surface area contributed by atoms with Gasteiger partial charge in [0.25, 0.3) is 5.91 Å². The summed E-state index contributed by atoms with van der Waals surface area (Å²) < 4.78 is 7.98. The van der Waals surface area contributed by atoms with Crippen LogP contribution >= 0.6 is 0 Å². The molecule has 2 aromatic rings. The highest BCUT2D eigenvalue weighted by Gasteiger charge is 2.24. The lowest BCUT2D eigenvalue weighted by Gasteiger charge is -2.26. The summed E-state index contributed by atoms with van der Waals surface area (Å²) in [6, 6.07) is 6.47. The second-order valence-electron chi connectivity index (χ2n) is 7.12. The van der Waals surface area contributed by atoms with E-state index in [-0.39, 0.29) is 5.91 Å². The monoisotopic (exact) mass is 328 g/mol. The molecule has 2 aromatic heterocycles. The van der Waals surface area contributed by atoms with E-state index in [1.165, 1.54) is 37.8 Å². The van der Waals surface area contributed by atoms with E-state index in [9.17, 15) is 4.79 Å². The van der Waals surface area contributed by atoms with Gasteiger partial charge in [-0.1, -0.05) is 19.3 Å². The average Bonchev–Trinajstić information content (AvgIpc) is 3.10. The molecule has 0 bridgehead atoms. The van der Waals surface area contributed by atoms with E-state index in [1.807, 2.05) is 26.1 Å². The van der Waals surface area contributed by atoms with Crippen LogP contribution in [0.2, 0.25) is 0 Å². The molecule has 0 unspecified atom stereocenters. The van der Waals surface area contributed by atoms with Crippen LogP contribution in [0.15, 0.2) is 22.6 Å². The van der Waals surface area contributed by atoms with E-state index in [1.54, 1.807) is 4.90 Å². The zero-order valence-corrected chi connectivity index (χ0v) is 15.3. The van der Waals surface area contributed by atoms with Crippen molar-refractivity contribution in [3.05, 3.63) is 46.7 Å². The lowest BCUT2D eigenvalue weighted by atomic mass is 9.95. The minimum absolute atomic E-state index is 0.0687. The molecule has 0 aromatic carbocycles. The molecule has 0 aliphatic heterocycles. The molecule has 130 valence electrons. The number of aryl methyl sites for hydroxylation is 2. The molecule has 1 amide bonds. The minimum atomic E-state index is 0.0687. The lowest BCUT2D eigenvalue weighted by molar-refractivity contribution is 0.0774. The highest BCUT2D eigenvalue weighted by molar-refractivity contribution is 5.95. The molecular formula is C20H28N2O2. The van der Waals surface area contributed by atoms with E-state index < -0.39 is 0 Å². The molecule has 24 heavy (non-hydrogen) atoms. The summed E-state index contributed by atoms with van der Waals surface area (Å²) >= 11 is 0. The summed E-state index contributed by atoms with van der Waals surface area (Å²) in [5.74, 6) is 1.77. The van der Waals surface area contributed by atoms with Crippen molar-refractivity contribution < 1.29 is 9.21 Å². The van der Waals surface area contributed by atoms with E-state index in [0.29, 0.717) is 12.6 Å². The second kappa shape index (κ2) is 6.88. The standard InChI is InChI=1S/C20H28N2O2/c1-14-12-19(16(3)22(14)17-8-6-5-7-9-17)20(23)21(4)13-18-11-10-15(2)24-18/h10-12,17H,5-9,13H2,1-4H3. The van der Waals surface area contributed by atoms with Gasteiger partial charge in [-0.25, -0.2) is 0 Å². The number of carbonyl (C=O) groups is 1. The summed E-state index contributed by atoms with van der Waals surface area (Å²) in [5, 5.41) is 0. The van der Waals surface area contributed by atoms with Gasteiger partial charge in [0, 0.05) is 24.5 Å². The first-order valence-electron chi connectivity index (χ1n) is 8.96. The van der Waals surface area contributed by atoms with Gasteiger partial charge in [0.15, 0.2) is 0 Å². The van der Waals surface area contributed by atoms with Gasteiger partial charge in [0.2, 0.25) is 0 Å². The molecule has 1 saturated carbocycles. The Bertz CT molecular complexity index is 720. The van der Waals surface area contributed by atoms with Crippen LogP contribution < -0.4 is 0 Å². The Labute approximate surface area is 144 Å². The topological polar surface area (TPSA) is 38.4 Å². The van der Waals surface area contributed by atoms with Crippen molar-refractivity contribution >= 4 is 5.91 Å². The van der Waals surface area contributed by atoms with E-state index in [4.69, 9.17) is 4.42 Å². The fraction of sp³-hybridized carbons (Fsp3) is 0.550. The Morgan fingerprint density at radius 1 is 1.21 bits per heavy atom. The van der Waals surface area contributed by atoms with Crippen LogP contribution in [0.5, 0.6) is 0 Å². The third kappa shape index (κ3) is 3.28. The van der Waals surface area contributed by atoms with Gasteiger partial charge < -0.3 is 13.9 Å². The molecule has 0 spiro atoms. The third-order valence-corrected chi connectivity index (χ3v) is 5.19. The van der Waals surface area contributed by atoms with Gasteiger partial charge in [-0.15, -0.1) is 0 Å². The predicted octanol–water partition coefficient (Wildman–Crippen LogP) is 4.78. The maximum atomic E-state index is 12.9. The molecule has 1 aliphatic carbocycles. The fourth-order valence-electron chi connectivity index (χ4n) is 3.98. The second-order valence-corrected chi connectivity index (χ2v) is 7.12. The van der Waals surface area contributed by atoms with E-state index >= 15 is 0 Å². The van der Waals surface area contributed by atoms with E-state index in [0.717, 1.165) is 22.8 Å². The minimum Gasteiger partial charge on any atom is -0.464 e. The Morgan fingerprint density at radius 2 is 1.92 bits per heavy atom. The molecule has 0 atom stereocenters. The number of hydrogen-bond donors (Lipinski definition) is 0. The first-order valence-corrected chi connectivity index (χ1v) is 8.96. The molecule has 0 N–H and O–H groups in total. The number of rotatable bonds is 4. The summed E-state index contributed by atoms with van der Waals surface area (Å²) in [4.78, 5) is 14.6. The van der Waals surface area contributed by atoms with Crippen molar-refractivity contribution in [3.63, 3.8) is 0 Å². The maximum absolute atomic E-state index is 12.9. The molecule has 0 radical (unpaired) electrons. The first kappa shape index (κ1) is 16.9. The molecule has 4 heteroatoms. The van der Waals surface area contributed by atoms with Crippen molar-refractivity contribution in [3.8, 4) is 0 Å². The van der Waals surface area contributed by atoms with Gasteiger partial charge in [0.1, 0.15) is 11.5 Å². The van der Waals surface area contributed by atoms with Crippen molar-refractivity contribution in [1.82, 2.24) is 9.47 Å². The van der Waals surface area contributed by atoms with Crippen LogP contribution in [0.3, 0.4) is 0 Å². The zero-order chi connectivity index (χ0) is 17.3. The Kier molecular flexibility index (Phi) is 4.83. The molecule has 2 heterocycles. The molecule has 1 aliphatic rings. The zero-order valence-electron chi connectivity index (χ0n) is 15.3. The van der Waals surface area contributed by atoms with Gasteiger partial charge in [-0.05, 0) is 51.8 Å². The number of carbonyl (C=O) groups excluding carboxylic acids is 1. The summed E-state index contributed by atoms with van der Waals surface area (Å²) in [6.07, 6.45) is 6.38. The SMILES string of the molecule is Cc1ccc(CN(C)C(=O)c2cc(C)n(C3CCCCC3)c2C)o1. The van der Waals surface area contributed by atoms with Crippen molar-refractivity contribution in [2.75, 3.05) is 7.05 Å². The van der Waals surface area contributed by atoms with Crippen molar-refractivity contribution in [1.29, 1.82) is 0 Å². The van der Waals surface area contributed by atoms with Crippen LogP contribution in [0, 0.1) is 20.8 Å². The maximum Gasteiger partial charge on any atom is 0.255 e. The highest BCUT2D eigenvalue weighted by atomic mass is 16.3. The van der Waals surface area contributed by atoms with Crippen molar-refractivity contribution in [2.45, 2.75) is 65.5 Å². The van der Waals surface area contributed by atoms with Gasteiger partial charge >= 0.3 is 0 Å². The molecular weight excluding hydrogens is 300 g/mol. The number of nitrogens with zero attached hydrogens (tertiary/aromatic N) is 2. The van der Waals surface area contributed by atoms with Gasteiger partial charge in [-0.3, -0.25) is 4.79 Å². The summed E-state index contributed by atoms with van der Waals surface area (Å²) in [6.45, 7) is 6.62. The smallest absolute Gasteiger partial charge is 0.255 e.